The summed E-state index contributed by atoms with van der Waals surface area (Å²) in [7, 11) is 0. The van der Waals surface area contributed by atoms with Gasteiger partial charge < -0.3 is 14.5 Å². The van der Waals surface area contributed by atoms with Crippen molar-refractivity contribution in [2.45, 2.75) is 32.2 Å². The van der Waals surface area contributed by atoms with Crippen LogP contribution in [0.2, 0.25) is 0 Å². The van der Waals surface area contributed by atoms with Crippen LogP contribution in [-0.4, -0.2) is 47.9 Å². The van der Waals surface area contributed by atoms with Crippen LogP contribution in [0.4, 0.5) is 0 Å². The van der Waals surface area contributed by atoms with E-state index in [9.17, 15) is 9.59 Å². The second-order valence-electron chi connectivity index (χ2n) is 8.25. The second kappa shape index (κ2) is 11.1. The van der Waals surface area contributed by atoms with Gasteiger partial charge in [-0.1, -0.05) is 55.5 Å². The number of hydrogen-bond acceptors (Lipinski definition) is 4. The molecule has 0 saturated heterocycles. The molecule has 1 aliphatic heterocycles. The molecule has 1 aliphatic rings. The summed E-state index contributed by atoms with van der Waals surface area (Å²) in [5, 5.41) is 2.08. The summed E-state index contributed by atoms with van der Waals surface area (Å²) in [6, 6.07) is 21.3. The Kier molecular flexibility index (Phi) is 7.79. The lowest BCUT2D eigenvalue weighted by Gasteiger charge is -2.37. The third-order valence-electron chi connectivity index (χ3n) is 5.94. The van der Waals surface area contributed by atoms with Gasteiger partial charge in [0.05, 0.1) is 19.0 Å². The van der Waals surface area contributed by atoms with E-state index in [2.05, 4.69) is 11.4 Å². The molecule has 1 unspecified atom stereocenters. The summed E-state index contributed by atoms with van der Waals surface area (Å²) in [6.07, 6.45) is 1.96. The van der Waals surface area contributed by atoms with Crippen LogP contribution in [0.3, 0.4) is 0 Å². The number of carbonyl (C=O) groups is 2. The largest absolute Gasteiger partial charge is 0.491 e. The molecule has 2 heterocycles. The van der Waals surface area contributed by atoms with E-state index in [1.165, 1.54) is 4.88 Å². The molecule has 0 radical (unpaired) electrons. The van der Waals surface area contributed by atoms with Crippen LogP contribution < -0.4 is 4.74 Å². The second-order valence-corrected chi connectivity index (χ2v) is 9.25. The first kappa shape index (κ1) is 23.1. The number of amides is 2. The van der Waals surface area contributed by atoms with E-state index >= 15 is 0 Å². The SMILES string of the molecule is CCCN(CC(=O)N1CCc2sccc2C1COc1ccccc1)C(=O)Cc1ccccc1. The van der Waals surface area contributed by atoms with Gasteiger partial charge in [-0.05, 0) is 47.5 Å². The minimum Gasteiger partial charge on any atom is -0.491 e. The molecule has 0 bridgehead atoms. The Hall–Kier alpha value is -3.12. The molecule has 0 saturated carbocycles. The number of fused-ring (bicyclic) bond motifs is 1. The van der Waals surface area contributed by atoms with Gasteiger partial charge in [-0.3, -0.25) is 9.59 Å². The lowest BCUT2D eigenvalue weighted by molar-refractivity contribution is -0.142. The molecule has 1 atom stereocenters. The van der Waals surface area contributed by atoms with Crippen molar-refractivity contribution in [1.82, 2.24) is 9.80 Å². The van der Waals surface area contributed by atoms with Crippen molar-refractivity contribution < 1.29 is 14.3 Å². The first-order valence-electron chi connectivity index (χ1n) is 11.5. The van der Waals surface area contributed by atoms with E-state index < -0.39 is 0 Å². The number of hydrogen-bond donors (Lipinski definition) is 0. The molecule has 0 N–H and O–H groups in total. The Morgan fingerprint density at radius 1 is 1.06 bits per heavy atom. The number of carbonyl (C=O) groups excluding carboxylic acids is 2. The molecule has 2 amide bonds. The van der Waals surface area contributed by atoms with Gasteiger partial charge >= 0.3 is 0 Å². The summed E-state index contributed by atoms with van der Waals surface area (Å²) in [6.45, 7) is 3.73. The van der Waals surface area contributed by atoms with Crippen molar-refractivity contribution in [2.24, 2.45) is 0 Å². The number of rotatable bonds is 9. The van der Waals surface area contributed by atoms with Crippen molar-refractivity contribution in [3.8, 4) is 5.75 Å². The fourth-order valence-corrected chi connectivity index (χ4v) is 5.19. The molecule has 172 valence electrons. The molecule has 5 nitrogen and oxygen atoms in total. The Bertz CT molecular complexity index is 1050. The minimum atomic E-state index is -0.152. The van der Waals surface area contributed by atoms with Crippen LogP contribution in [-0.2, 0) is 22.4 Å². The van der Waals surface area contributed by atoms with Gasteiger partial charge in [-0.15, -0.1) is 11.3 Å². The van der Waals surface area contributed by atoms with Crippen LogP contribution >= 0.6 is 11.3 Å². The maximum atomic E-state index is 13.5. The van der Waals surface area contributed by atoms with Gasteiger partial charge in [0, 0.05) is 18.0 Å². The Morgan fingerprint density at radius 3 is 2.52 bits per heavy atom. The molecular weight excluding hydrogens is 432 g/mol. The predicted molar refractivity (Wildman–Crippen MR) is 131 cm³/mol. The van der Waals surface area contributed by atoms with Crippen LogP contribution in [0.15, 0.2) is 72.1 Å². The third-order valence-corrected chi connectivity index (χ3v) is 6.93. The highest BCUT2D eigenvalue weighted by Crippen LogP contribution is 2.34. The molecule has 0 fully saturated rings. The Labute approximate surface area is 199 Å². The van der Waals surface area contributed by atoms with Crippen LogP contribution in [0, 0.1) is 0 Å². The molecule has 4 rings (SSSR count). The van der Waals surface area contributed by atoms with E-state index in [0.29, 0.717) is 26.1 Å². The minimum absolute atomic E-state index is 0.0123. The average Bonchev–Trinajstić information content (AvgIpc) is 3.32. The lowest BCUT2D eigenvalue weighted by atomic mass is 10.0. The monoisotopic (exact) mass is 462 g/mol. The third kappa shape index (κ3) is 5.82. The molecule has 3 aromatic rings. The predicted octanol–water partition coefficient (Wildman–Crippen LogP) is 4.73. The quantitative estimate of drug-likeness (QED) is 0.462. The highest BCUT2D eigenvalue weighted by atomic mass is 32.1. The van der Waals surface area contributed by atoms with Gasteiger partial charge in [0.2, 0.25) is 11.8 Å². The molecular formula is C27H30N2O3S. The van der Waals surface area contributed by atoms with Crippen LogP contribution in [0.5, 0.6) is 5.75 Å². The van der Waals surface area contributed by atoms with Crippen molar-refractivity contribution in [2.75, 3.05) is 26.2 Å². The van der Waals surface area contributed by atoms with Crippen molar-refractivity contribution >= 4 is 23.2 Å². The van der Waals surface area contributed by atoms with Gasteiger partial charge in [-0.25, -0.2) is 0 Å². The fourth-order valence-electron chi connectivity index (χ4n) is 4.26. The zero-order chi connectivity index (χ0) is 23.0. The highest BCUT2D eigenvalue weighted by molar-refractivity contribution is 7.10. The standard InChI is InChI=1S/C27H30N2O3S/c1-2-15-28(26(30)18-21-9-5-3-6-10-21)19-27(31)29-16-13-25-23(14-17-33-25)24(29)20-32-22-11-7-4-8-12-22/h3-12,14,17,24H,2,13,15-16,18-20H2,1H3. The van der Waals surface area contributed by atoms with E-state index in [-0.39, 0.29) is 24.4 Å². The normalized spacial score (nSPS) is 15.1. The molecule has 33 heavy (non-hydrogen) atoms. The van der Waals surface area contributed by atoms with E-state index in [1.807, 2.05) is 72.5 Å². The zero-order valence-electron chi connectivity index (χ0n) is 19.0. The van der Waals surface area contributed by atoms with Gasteiger partial charge in [0.15, 0.2) is 0 Å². The summed E-state index contributed by atoms with van der Waals surface area (Å²) in [4.78, 5) is 31.4. The zero-order valence-corrected chi connectivity index (χ0v) is 19.8. The molecule has 1 aromatic heterocycles. The molecule has 0 aliphatic carbocycles. The molecule has 0 spiro atoms. The number of para-hydroxylation sites is 1. The first-order valence-corrected chi connectivity index (χ1v) is 12.4. The summed E-state index contributed by atoms with van der Waals surface area (Å²) in [5.41, 5.74) is 2.12. The van der Waals surface area contributed by atoms with E-state index in [4.69, 9.17) is 4.74 Å². The summed E-state index contributed by atoms with van der Waals surface area (Å²) < 4.78 is 6.06. The van der Waals surface area contributed by atoms with Crippen molar-refractivity contribution in [1.29, 1.82) is 0 Å². The van der Waals surface area contributed by atoms with Crippen molar-refractivity contribution in [3.05, 3.63) is 88.1 Å². The lowest BCUT2D eigenvalue weighted by Crippen LogP contribution is -2.48. The number of ether oxygens (including phenoxy) is 1. The summed E-state index contributed by atoms with van der Waals surface area (Å²) >= 11 is 1.73. The summed E-state index contributed by atoms with van der Waals surface area (Å²) in [5.74, 6) is 0.753. The maximum Gasteiger partial charge on any atom is 0.242 e. The molecule has 6 heteroatoms. The van der Waals surface area contributed by atoms with E-state index in [0.717, 1.165) is 29.7 Å². The smallest absolute Gasteiger partial charge is 0.242 e. The Morgan fingerprint density at radius 2 is 1.79 bits per heavy atom. The number of nitrogens with zero attached hydrogens (tertiary/aromatic N) is 2. The van der Waals surface area contributed by atoms with E-state index in [1.54, 1.807) is 16.2 Å². The Balaban J connectivity index is 1.47. The number of thiophene rings is 1. The van der Waals surface area contributed by atoms with Gasteiger partial charge in [-0.2, -0.15) is 0 Å². The maximum absolute atomic E-state index is 13.5. The van der Waals surface area contributed by atoms with Crippen LogP contribution in [0.25, 0.3) is 0 Å². The van der Waals surface area contributed by atoms with Crippen LogP contribution in [0.1, 0.15) is 35.4 Å². The topological polar surface area (TPSA) is 49.9 Å². The number of benzene rings is 2. The highest BCUT2D eigenvalue weighted by Gasteiger charge is 2.33. The average molecular weight is 463 g/mol. The van der Waals surface area contributed by atoms with Crippen molar-refractivity contribution in [3.63, 3.8) is 0 Å². The van der Waals surface area contributed by atoms with Gasteiger partial charge in [0.25, 0.3) is 0 Å². The first-order chi connectivity index (χ1) is 16.2. The van der Waals surface area contributed by atoms with Gasteiger partial charge in [0.1, 0.15) is 12.4 Å². The molecule has 2 aromatic carbocycles. The fraction of sp³-hybridized carbons (Fsp3) is 0.333.